The highest BCUT2D eigenvalue weighted by Crippen LogP contribution is 2.14. The van der Waals surface area contributed by atoms with E-state index in [9.17, 15) is 4.79 Å². The SMILES string of the molecule is CCOC(=O)N1CCN(C(=NC)NCc2ccccc2-n2ccnc2)CC1. The number of nitrogens with one attached hydrogen (secondary N) is 1. The number of ether oxygens (including phenoxy) is 1. The largest absolute Gasteiger partial charge is 0.450 e. The van der Waals surface area contributed by atoms with Crippen LogP contribution in [0, 0.1) is 0 Å². The van der Waals surface area contributed by atoms with E-state index in [2.05, 4.69) is 32.3 Å². The molecule has 2 aromatic rings. The summed E-state index contributed by atoms with van der Waals surface area (Å²) in [5, 5.41) is 3.43. The lowest BCUT2D eigenvalue weighted by atomic mass is 10.1. The average molecular weight is 370 g/mol. The molecule has 0 bridgehead atoms. The first-order valence-corrected chi connectivity index (χ1v) is 9.16. The van der Waals surface area contributed by atoms with Crippen molar-refractivity contribution in [3.8, 4) is 5.69 Å². The number of aliphatic imine (C=N–C) groups is 1. The lowest BCUT2D eigenvalue weighted by Crippen LogP contribution is -2.53. The van der Waals surface area contributed by atoms with Gasteiger partial charge in [0.05, 0.1) is 18.6 Å². The van der Waals surface area contributed by atoms with Crippen LogP contribution in [-0.2, 0) is 11.3 Å². The van der Waals surface area contributed by atoms with E-state index in [4.69, 9.17) is 4.74 Å². The van der Waals surface area contributed by atoms with Crippen LogP contribution < -0.4 is 5.32 Å². The minimum Gasteiger partial charge on any atom is -0.450 e. The van der Waals surface area contributed by atoms with Crippen LogP contribution in [0.2, 0.25) is 0 Å². The monoisotopic (exact) mass is 370 g/mol. The second kappa shape index (κ2) is 9.07. The second-order valence-corrected chi connectivity index (χ2v) is 6.17. The van der Waals surface area contributed by atoms with Crippen LogP contribution in [0.15, 0.2) is 48.0 Å². The van der Waals surface area contributed by atoms with E-state index in [1.807, 2.05) is 29.8 Å². The van der Waals surface area contributed by atoms with Crippen molar-refractivity contribution in [1.29, 1.82) is 0 Å². The Morgan fingerprint density at radius 3 is 2.63 bits per heavy atom. The topological polar surface area (TPSA) is 75.0 Å². The Hall–Kier alpha value is -3.03. The Balaban J connectivity index is 1.59. The predicted octanol–water partition coefficient (Wildman–Crippen LogP) is 1.72. The number of rotatable bonds is 4. The van der Waals surface area contributed by atoms with Gasteiger partial charge in [0.15, 0.2) is 5.96 Å². The fraction of sp³-hybridized carbons (Fsp3) is 0.421. The van der Waals surface area contributed by atoms with E-state index in [1.54, 1.807) is 24.5 Å². The minimum absolute atomic E-state index is 0.241. The number of para-hydroxylation sites is 1. The van der Waals surface area contributed by atoms with Crippen LogP contribution in [0.1, 0.15) is 12.5 Å². The van der Waals surface area contributed by atoms with Crippen molar-refractivity contribution in [2.75, 3.05) is 39.8 Å². The molecule has 144 valence electrons. The molecule has 27 heavy (non-hydrogen) atoms. The van der Waals surface area contributed by atoms with Crippen molar-refractivity contribution in [3.05, 3.63) is 48.5 Å². The van der Waals surface area contributed by atoms with Gasteiger partial charge in [-0.1, -0.05) is 18.2 Å². The molecule has 1 amide bonds. The Labute approximate surface area is 159 Å². The maximum atomic E-state index is 11.8. The number of amides is 1. The molecular formula is C19H26N6O2. The van der Waals surface area contributed by atoms with Crippen molar-refractivity contribution in [2.24, 2.45) is 4.99 Å². The van der Waals surface area contributed by atoms with E-state index in [0.717, 1.165) is 30.3 Å². The van der Waals surface area contributed by atoms with Crippen molar-refractivity contribution in [2.45, 2.75) is 13.5 Å². The zero-order valence-electron chi connectivity index (χ0n) is 15.8. The Morgan fingerprint density at radius 2 is 1.96 bits per heavy atom. The summed E-state index contributed by atoms with van der Waals surface area (Å²) in [4.78, 5) is 24.3. The molecule has 8 heteroatoms. The highest BCUT2D eigenvalue weighted by molar-refractivity contribution is 5.80. The first-order chi connectivity index (χ1) is 13.2. The molecule has 0 spiro atoms. The summed E-state index contributed by atoms with van der Waals surface area (Å²) < 4.78 is 7.07. The number of piperazine rings is 1. The van der Waals surface area contributed by atoms with Crippen molar-refractivity contribution in [1.82, 2.24) is 24.7 Å². The average Bonchev–Trinajstić information content (AvgIpc) is 3.24. The van der Waals surface area contributed by atoms with Crippen molar-refractivity contribution in [3.63, 3.8) is 0 Å². The summed E-state index contributed by atoms with van der Waals surface area (Å²) in [6, 6.07) is 8.20. The summed E-state index contributed by atoms with van der Waals surface area (Å²) in [6.07, 6.45) is 5.26. The molecule has 1 aromatic heterocycles. The van der Waals surface area contributed by atoms with E-state index < -0.39 is 0 Å². The second-order valence-electron chi connectivity index (χ2n) is 6.17. The molecule has 2 heterocycles. The maximum Gasteiger partial charge on any atom is 0.409 e. The number of nitrogens with zero attached hydrogens (tertiary/aromatic N) is 5. The third-order valence-electron chi connectivity index (χ3n) is 4.53. The zero-order valence-corrected chi connectivity index (χ0v) is 15.8. The number of hydrogen-bond acceptors (Lipinski definition) is 4. The van der Waals surface area contributed by atoms with Crippen LogP contribution in [0.4, 0.5) is 4.79 Å². The molecule has 1 aliphatic rings. The van der Waals surface area contributed by atoms with Crippen LogP contribution >= 0.6 is 0 Å². The normalized spacial score (nSPS) is 15.0. The third-order valence-corrected chi connectivity index (χ3v) is 4.53. The lowest BCUT2D eigenvalue weighted by molar-refractivity contribution is 0.0914. The van der Waals surface area contributed by atoms with Gasteiger partial charge in [0.25, 0.3) is 0 Å². The van der Waals surface area contributed by atoms with Gasteiger partial charge in [-0.05, 0) is 18.6 Å². The Bertz CT molecular complexity index is 766. The van der Waals surface area contributed by atoms with Gasteiger partial charge in [0, 0.05) is 52.2 Å². The van der Waals surface area contributed by atoms with Crippen molar-refractivity contribution < 1.29 is 9.53 Å². The van der Waals surface area contributed by atoms with Gasteiger partial charge >= 0.3 is 6.09 Å². The van der Waals surface area contributed by atoms with Crippen LogP contribution in [0.25, 0.3) is 5.69 Å². The highest BCUT2D eigenvalue weighted by Gasteiger charge is 2.23. The molecule has 0 radical (unpaired) electrons. The lowest BCUT2D eigenvalue weighted by Gasteiger charge is -2.35. The molecule has 0 atom stereocenters. The summed E-state index contributed by atoms with van der Waals surface area (Å²) >= 11 is 0. The molecule has 1 saturated heterocycles. The van der Waals surface area contributed by atoms with Gasteiger partial charge in [0.1, 0.15) is 0 Å². The molecule has 1 N–H and O–H groups in total. The Kier molecular flexibility index (Phi) is 6.30. The molecular weight excluding hydrogens is 344 g/mol. The maximum absolute atomic E-state index is 11.8. The number of guanidine groups is 1. The first kappa shape index (κ1) is 18.8. The van der Waals surface area contributed by atoms with Gasteiger partial charge in [-0.3, -0.25) is 4.99 Å². The van der Waals surface area contributed by atoms with Crippen LogP contribution in [0.3, 0.4) is 0 Å². The fourth-order valence-electron chi connectivity index (χ4n) is 3.14. The number of imidazole rings is 1. The standard InChI is InChI=1S/C19H26N6O2/c1-3-27-19(26)24-12-10-23(11-13-24)18(20-2)22-14-16-6-4-5-7-17(16)25-9-8-21-15-25/h4-9,15H,3,10-14H2,1-2H3,(H,20,22). The number of carbonyl (C=O) groups excluding carboxylic acids is 1. The summed E-state index contributed by atoms with van der Waals surface area (Å²) in [5.41, 5.74) is 2.24. The summed E-state index contributed by atoms with van der Waals surface area (Å²) in [7, 11) is 1.78. The van der Waals surface area contributed by atoms with E-state index in [0.29, 0.717) is 26.2 Å². The number of carbonyl (C=O) groups is 1. The molecule has 1 fully saturated rings. The molecule has 3 rings (SSSR count). The molecule has 0 unspecified atom stereocenters. The molecule has 8 nitrogen and oxygen atoms in total. The number of hydrogen-bond donors (Lipinski definition) is 1. The molecule has 0 saturated carbocycles. The third kappa shape index (κ3) is 4.58. The van der Waals surface area contributed by atoms with Crippen LogP contribution in [-0.4, -0.2) is 71.2 Å². The van der Waals surface area contributed by atoms with Crippen LogP contribution in [0.5, 0.6) is 0 Å². The van der Waals surface area contributed by atoms with E-state index in [1.165, 1.54) is 0 Å². The van der Waals surface area contributed by atoms with Gasteiger partial charge < -0.3 is 24.4 Å². The fourth-order valence-corrected chi connectivity index (χ4v) is 3.14. The highest BCUT2D eigenvalue weighted by atomic mass is 16.6. The van der Waals surface area contributed by atoms with Gasteiger partial charge in [-0.2, -0.15) is 0 Å². The molecule has 1 aromatic carbocycles. The molecule has 0 aliphatic carbocycles. The minimum atomic E-state index is -0.241. The smallest absolute Gasteiger partial charge is 0.409 e. The van der Waals surface area contributed by atoms with Gasteiger partial charge in [0.2, 0.25) is 0 Å². The van der Waals surface area contributed by atoms with Crippen molar-refractivity contribution >= 4 is 12.1 Å². The van der Waals surface area contributed by atoms with E-state index >= 15 is 0 Å². The summed E-state index contributed by atoms with van der Waals surface area (Å²) in [5.74, 6) is 0.832. The number of benzene rings is 1. The van der Waals surface area contributed by atoms with E-state index in [-0.39, 0.29) is 6.09 Å². The van der Waals surface area contributed by atoms with Gasteiger partial charge in [-0.15, -0.1) is 0 Å². The summed E-state index contributed by atoms with van der Waals surface area (Å²) in [6.45, 7) is 5.58. The van der Waals surface area contributed by atoms with Gasteiger partial charge in [-0.25, -0.2) is 9.78 Å². The molecule has 1 aliphatic heterocycles. The zero-order chi connectivity index (χ0) is 19.1. The first-order valence-electron chi connectivity index (χ1n) is 9.16. The quantitative estimate of drug-likeness (QED) is 0.655. The predicted molar refractivity (Wildman–Crippen MR) is 104 cm³/mol. The Morgan fingerprint density at radius 1 is 1.22 bits per heavy atom. The number of aromatic nitrogens is 2.